The first-order chi connectivity index (χ1) is 24.9. The van der Waals surface area contributed by atoms with Gasteiger partial charge in [0, 0.05) is 51.4 Å². The van der Waals surface area contributed by atoms with Crippen LogP contribution in [0.1, 0.15) is 80.5 Å². The quantitative estimate of drug-likeness (QED) is 0.227. The highest BCUT2D eigenvalue weighted by Gasteiger charge is 2.46. The van der Waals surface area contributed by atoms with Gasteiger partial charge in [-0.2, -0.15) is 5.26 Å². The van der Waals surface area contributed by atoms with Crippen molar-refractivity contribution in [2.75, 3.05) is 34.7 Å². The number of carbonyl (C=O) groups is 3. The zero-order valence-electron chi connectivity index (χ0n) is 30.2. The van der Waals surface area contributed by atoms with E-state index in [1.165, 1.54) is 21.9 Å². The van der Waals surface area contributed by atoms with Gasteiger partial charge in [0.2, 0.25) is 5.91 Å². The molecule has 2 aliphatic rings. The molecule has 2 aliphatic carbocycles. The predicted octanol–water partition coefficient (Wildman–Crippen LogP) is 3.67. The average molecular weight is 706 g/mol. The van der Waals surface area contributed by atoms with Crippen molar-refractivity contribution >= 4 is 17.7 Å². The van der Waals surface area contributed by atoms with E-state index in [1.807, 2.05) is 36.4 Å². The van der Waals surface area contributed by atoms with Gasteiger partial charge in [0.1, 0.15) is 11.9 Å². The molecule has 2 atom stereocenters. The number of carbonyl (C=O) groups excluding carboxylic acids is 3. The van der Waals surface area contributed by atoms with Crippen LogP contribution in [-0.2, 0) is 29.5 Å². The third-order valence-corrected chi connectivity index (χ3v) is 10.2. The van der Waals surface area contributed by atoms with Gasteiger partial charge in [-0.05, 0) is 120 Å². The SMILES string of the molecule is CC(C#N)N(C(=O)CN[C@@H](Cc1ccc(F)cc1)CC1(c2nnn[nH]2)c2ccc(C(=O)N(C)C)cc2CCc2cc(C(=O)N(C)C)ccc21)C1CC1. The van der Waals surface area contributed by atoms with Crippen molar-refractivity contribution in [3.05, 3.63) is 111 Å². The molecule has 1 heterocycles. The zero-order chi connectivity index (χ0) is 37.2. The maximum absolute atomic E-state index is 14.1. The van der Waals surface area contributed by atoms with Crippen LogP contribution >= 0.6 is 0 Å². The van der Waals surface area contributed by atoms with Gasteiger partial charge in [-0.25, -0.2) is 9.49 Å². The number of hydrogen-bond donors (Lipinski definition) is 2. The van der Waals surface area contributed by atoms with Gasteiger partial charge < -0.3 is 20.0 Å². The highest BCUT2D eigenvalue weighted by Crippen LogP contribution is 2.47. The van der Waals surface area contributed by atoms with E-state index in [1.54, 1.807) is 52.1 Å². The van der Waals surface area contributed by atoms with Gasteiger partial charge in [0.15, 0.2) is 5.82 Å². The lowest BCUT2D eigenvalue weighted by Crippen LogP contribution is -2.48. The lowest BCUT2D eigenvalue weighted by molar-refractivity contribution is -0.132. The highest BCUT2D eigenvalue weighted by atomic mass is 19.1. The molecule has 6 rings (SSSR count). The number of nitrogens with one attached hydrogen (secondary N) is 2. The van der Waals surface area contributed by atoms with Gasteiger partial charge >= 0.3 is 0 Å². The topological polar surface area (TPSA) is 151 Å². The van der Waals surface area contributed by atoms with Gasteiger partial charge in [-0.1, -0.05) is 24.3 Å². The molecule has 270 valence electrons. The van der Waals surface area contributed by atoms with Crippen LogP contribution in [0, 0.1) is 17.1 Å². The minimum Gasteiger partial charge on any atom is -0.345 e. The number of fused-ring (bicyclic) bond motifs is 2. The smallest absolute Gasteiger partial charge is 0.253 e. The number of nitrogens with zero attached hydrogens (tertiary/aromatic N) is 7. The second-order valence-corrected chi connectivity index (χ2v) is 14.2. The Morgan fingerprint density at radius 2 is 1.52 bits per heavy atom. The molecular formula is C39H44FN9O3. The Morgan fingerprint density at radius 1 is 0.942 bits per heavy atom. The summed E-state index contributed by atoms with van der Waals surface area (Å²) in [5, 5.41) is 28.8. The van der Waals surface area contributed by atoms with Crippen LogP contribution in [0.5, 0.6) is 0 Å². The van der Waals surface area contributed by atoms with E-state index in [2.05, 4.69) is 32.0 Å². The molecule has 0 aliphatic heterocycles. The fourth-order valence-electron chi connectivity index (χ4n) is 7.51. The molecule has 52 heavy (non-hydrogen) atoms. The second kappa shape index (κ2) is 15.0. The molecule has 0 saturated heterocycles. The maximum Gasteiger partial charge on any atom is 0.253 e. The van der Waals surface area contributed by atoms with Crippen molar-refractivity contribution in [2.45, 2.75) is 69.0 Å². The number of aryl methyl sites for hydroxylation is 2. The number of nitriles is 1. The number of aromatic amines is 1. The normalized spacial score (nSPS) is 15.6. The van der Waals surface area contributed by atoms with Crippen molar-refractivity contribution in [3.8, 4) is 6.07 Å². The minimum absolute atomic E-state index is 0.0224. The van der Waals surface area contributed by atoms with Gasteiger partial charge in [0.05, 0.1) is 18.0 Å². The zero-order valence-corrected chi connectivity index (χ0v) is 30.2. The molecule has 0 bridgehead atoms. The fourth-order valence-corrected chi connectivity index (χ4v) is 7.51. The molecule has 0 spiro atoms. The molecule has 1 saturated carbocycles. The number of rotatable bonds is 12. The molecule has 0 radical (unpaired) electrons. The van der Waals surface area contributed by atoms with E-state index in [9.17, 15) is 24.0 Å². The van der Waals surface area contributed by atoms with E-state index in [4.69, 9.17) is 0 Å². The molecule has 3 amide bonds. The van der Waals surface area contributed by atoms with Crippen LogP contribution in [0.15, 0.2) is 60.7 Å². The Labute approximate surface area is 303 Å². The van der Waals surface area contributed by atoms with Crippen LogP contribution in [0.3, 0.4) is 0 Å². The summed E-state index contributed by atoms with van der Waals surface area (Å²) < 4.78 is 14.1. The summed E-state index contributed by atoms with van der Waals surface area (Å²) in [5.41, 5.74) is 4.54. The lowest BCUT2D eigenvalue weighted by atomic mass is 9.67. The van der Waals surface area contributed by atoms with Crippen molar-refractivity contribution < 1.29 is 18.8 Å². The number of H-pyrrole nitrogens is 1. The van der Waals surface area contributed by atoms with E-state index in [-0.39, 0.29) is 36.1 Å². The number of benzene rings is 3. The van der Waals surface area contributed by atoms with Gasteiger partial charge in [0.25, 0.3) is 11.8 Å². The van der Waals surface area contributed by atoms with Crippen LogP contribution in [-0.4, -0.2) is 106 Å². The van der Waals surface area contributed by atoms with Gasteiger partial charge in [-0.3, -0.25) is 14.4 Å². The predicted molar refractivity (Wildman–Crippen MR) is 192 cm³/mol. The van der Waals surface area contributed by atoms with Crippen LogP contribution in [0.25, 0.3) is 0 Å². The number of aromatic nitrogens is 4. The van der Waals surface area contributed by atoms with Crippen LogP contribution in [0.2, 0.25) is 0 Å². The molecule has 1 fully saturated rings. The Bertz CT molecular complexity index is 1910. The number of tetrazole rings is 1. The van der Waals surface area contributed by atoms with Crippen LogP contribution < -0.4 is 5.32 Å². The van der Waals surface area contributed by atoms with Crippen molar-refractivity contribution in [1.29, 1.82) is 5.26 Å². The summed E-state index contributed by atoms with van der Waals surface area (Å²) in [6.45, 7) is 1.72. The fraction of sp³-hybridized carbons (Fsp3) is 0.410. The molecule has 1 aromatic heterocycles. The number of halogens is 1. The summed E-state index contributed by atoms with van der Waals surface area (Å²) in [6.07, 6.45) is 3.65. The molecule has 2 N–H and O–H groups in total. The van der Waals surface area contributed by atoms with Crippen molar-refractivity contribution in [2.24, 2.45) is 0 Å². The third-order valence-electron chi connectivity index (χ3n) is 10.2. The summed E-state index contributed by atoms with van der Waals surface area (Å²) in [4.78, 5) is 44.9. The Hall–Kier alpha value is -5.48. The Balaban J connectivity index is 1.51. The lowest BCUT2D eigenvalue weighted by Gasteiger charge is -2.38. The number of hydrogen-bond acceptors (Lipinski definition) is 8. The molecule has 12 nitrogen and oxygen atoms in total. The minimum atomic E-state index is -1.04. The number of amides is 3. The van der Waals surface area contributed by atoms with Crippen molar-refractivity contribution in [3.63, 3.8) is 0 Å². The monoisotopic (exact) mass is 705 g/mol. The summed E-state index contributed by atoms with van der Waals surface area (Å²) in [5.74, 6) is -0.314. The van der Waals surface area contributed by atoms with E-state index < -0.39 is 17.5 Å². The standard InChI is InChI=1S/C39H44FN9O3/c1-24(22-41)49(32-14-15-32)35(50)23-42-31(18-25-6-12-30(40)13-7-25)21-39(38-43-45-46-44-38)33-16-10-28(36(51)47(2)3)19-26(33)8-9-27-20-29(11-17-34(27)39)37(52)48(4)5/h6-7,10-13,16-17,19-20,24,31-32,42H,8-9,14-15,18,21,23H2,1-5H3,(H,43,44,45,46)/t24?,31-/m0/s1. The molecule has 4 aromatic rings. The Kier molecular flexibility index (Phi) is 10.5. The molecule has 13 heteroatoms. The first kappa shape index (κ1) is 36.3. The first-order valence-electron chi connectivity index (χ1n) is 17.6. The van der Waals surface area contributed by atoms with E-state index in [0.29, 0.717) is 42.6 Å². The second-order valence-electron chi connectivity index (χ2n) is 14.2. The molecular weight excluding hydrogens is 661 g/mol. The van der Waals surface area contributed by atoms with Crippen LogP contribution in [0.4, 0.5) is 4.39 Å². The first-order valence-corrected chi connectivity index (χ1v) is 17.6. The van der Waals surface area contributed by atoms with Gasteiger partial charge in [-0.15, -0.1) is 5.10 Å². The summed E-state index contributed by atoms with van der Waals surface area (Å²) in [6, 6.07) is 19.0. The Morgan fingerprint density at radius 3 is 2.00 bits per heavy atom. The van der Waals surface area contributed by atoms with E-state index in [0.717, 1.165) is 40.7 Å². The van der Waals surface area contributed by atoms with E-state index >= 15 is 0 Å². The largest absolute Gasteiger partial charge is 0.345 e. The summed E-state index contributed by atoms with van der Waals surface area (Å²) >= 11 is 0. The molecule has 1 unspecified atom stereocenters. The third kappa shape index (κ3) is 7.29. The summed E-state index contributed by atoms with van der Waals surface area (Å²) in [7, 11) is 6.86. The average Bonchev–Trinajstić information content (AvgIpc) is 3.84. The highest BCUT2D eigenvalue weighted by molar-refractivity contribution is 5.95. The van der Waals surface area contributed by atoms with Crippen molar-refractivity contribution in [1.82, 2.24) is 40.6 Å². The molecule has 3 aromatic carbocycles. The maximum atomic E-state index is 14.1.